The van der Waals surface area contributed by atoms with Gasteiger partial charge in [-0.15, -0.1) is 0 Å². The second-order valence-electron chi connectivity index (χ2n) is 11.8. The van der Waals surface area contributed by atoms with E-state index in [1.54, 1.807) is 18.2 Å². The Morgan fingerprint density at radius 3 is 2.36 bits per heavy atom. The van der Waals surface area contributed by atoms with E-state index in [0.29, 0.717) is 24.1 Å². The molecule has 39 heavy (non-hydrogen) atoms. The second-order valence-corrected chi connectivity index (χ2v) is 13.5. The van der Waals surface area contributed by atoms with Gasteiger partial charge in [0.2, 0.25) is 10.0 Å². The Labute approximate surface area is 228 Å². The van der Waals surface area contributed by atoms with Crippen LogP contribution in [0.4, 0.5) is 10.5 Å². The van der Waals surface area contributed by atoms with E-state index in [1.165, 1.54) is 0 Å². The minimum absolute atomic E-state index is 0.0283. The molecule has 3 saturated carbocycles. The van der Waals surface area contributed by atoms with E-state index in [1.807, 2.05) is 44.2 Å². The van der Waals surface area contributed by atoms with Gasteiger partial charge in [-0.1, -0.05) is 50.2 Å². The summed E-state index contributed by atoms with van der Waals surface area (Å²) < 4.78 is 28.7. The highest BCUT2D eigenvalue weighted by Gasteiger charge is 2.65. The molecule has 2 amide bonds. The summed E-state index contributed by atoms with van der Waals surface area (Å²) >= 11 is 0. The summed E-state index contributed by atoms with van der Waals surface area (Å²) in [5.41, 5.74) is 1.67. The van der Waals surface area contributed by atoms with Crippen molar-refractivity contribution in [3.8, 4) is 11.1 Å². The van der Waals surface area contributed by atoms with Crippen molar-refractivity contribution >= 4 is 33.5 Å². The van der Waals surface area contributed by atoms with Gasteiger partial charge >= 0.3 is 12.0 Å². The zero-order valence-corrected chi connectivity index (χ0v) is 23.0. The summed E-state index contributed by atoms with van der Waals surface area (Å²) in [6, 6.07) is 13.3. The summed E-state index contributed by atoms with van der Waals surface area (Å²) in [7, 11) is -4.04. The predicted octanol–water partition coefficient (Wildman–Crippen LogP) is 3.95. The molecule has 208 valence electrons. The monoisotopic (exact) mass is 553 g/mol. The van der Waals surface area contributed by atoms with Crippen LogP contribution in [0.2, 0.25) is 0 Å². The third-order valence-electron chi connectivity index (χ3n) is 8.96. The zero-order valence-electron chi connectivity index (χ0n) is 22.2. The van der Waals surface area contributed by atoms with Crippen LogP contribution in [-0.2, 0) is 26.0 Å². The summed E-state index contributed by atoms with van der Waals surface area (Å²) in [5.74, 6) is -1.51. The van der Waals surface area contributed by atoms with Crippen LogP contribution in [0.5, 0.6) is 0 Å². The summed E-state index contributed by atoms with van der Waals surface area (Å²) in [6.45, 7) is 3.91. The number of carboxylic acids is 1. The van der Waals surface area contributed by atoms with Gasteiger partial charge in [0.25, 0.3) is 0 Å². The molecule has 3 atom stereocenters. The lowest BCUT2D eigenvalue weighted by molar-refractivity contribution is -0.138. The Kier molecular flexibility index (Phi) is 7.05. The van der Waals surface area contributed by atoms with Crippen molar-refractivity contribution in [2.24, 2.45) is 16.7 Å². The Balaban J connectivity index is 1.25. The van der Waals surface area contributed by atoms with E-state index in [2.05, 4.69) is 15.4 Å². The molecule has 0 radical (unpaired) electrons. The van der Waals surface area contributed by atoms with Crippen molar-refractivity contribution in [3.05, 3.63) is 54.1 Å². The first-order valence-corrected chi connectivity index (χ1v) is 15.1. The first kappa shape index (κ1) is 27.3. The number of benzene rings is 2. The number of carboxylic acid groups (broad SMARTS) is 1. The molecule has 0 saturated heterocycles. The molecular weight excluding hydrogens is 518 g/mol. The fourth-order valence-corrected chi connectivity index (χ4v) is 8.32. The van der Waals surface area contributed by atoms with Gasteiger partial charge < -0.3 is 15.7 Å². The number of hydrogen-bond donors (Lipinski definition) is 4. The quantitative estimate of drug-likeness (QED) is 0.351. The van der Waals surface area contributed by atoms with Crippen molar-refractivity contribution in [2.75, 3.05) is 11.1 Å². The topological polar surface area (TPSA) is 142 Å². The van der Waals surface area contributed by atoms with Crippen molar-refractivity contribution in [1.29, 1.82) is 0 Å². The molecule has 10 heteroatoms. The fraction of sp³-hybridized carbons (Fsp3) is 0.483. The smallest absolute Gasteiger partial charge is 0.322 e. The molecule has 3 aliphatic carbocycles. The molecule has 0 aliphatic heterocycles. The first-order valence-electron chi connectivity index (χ1n) is 13.4. The number of rotatable bonds is 10. The predicted molar refractivity (Wildman–Crippen MR) is 148 cm³/mol. The van der Waals surface area contributed by atoms with Crippen LogP contribution in [-0.4, -0.2) is 49.1 Å². The molecule has 2 aromatic carbocycles. The molecule has 2 bridgehead atoms. The number of amides is 2. The number of aliphatic carboxylic acids is 1. The summed E-state index contributed by atoms with van der Waals surface area (Å²) in [4.78, 5) is 36.9. The van der Waals surface area contributed by atoms with E-state index in [-0.39, 0.29) is 35.9 Å². The maximum atomic E-state index is 13.2. The van der Waals surface area contributed by atoms with Crippen molar-refractivity contribution in [3.63, 3.8) is 0 Å². The van der Waals surface area contributed by atoms with Gasteiger partial charge in [-0.3, -0.25) is 9.59 Å². The molecular formula is C29H35N3O6S. The number of ketones is 1. The molecule has 1 unspecified atom stereocenters. The van der Waals surface area contributed by atoms with Gasteiger partial charge in [-0.2, -0.15) is 0 Å². The highest BCUT2D eigenvalue weighted by molar-refractivity contribution is 7.89. The van der Waals surface area contributed by atoms with Crippen LogP contribution in [0.15, 0.2) is 48.5 Å². The molecule has 0 aromatic heterocycles. The van der Waals surface area contributed by atoms with Crippen LogP contribution in [0.1, 0.15) is 51.5 Å². The van der Waals surface area contributed by atoms with Crippen LogP contribution >= 0.6 is 0 Å². The fourth-order valence-electron chi connectivity index (χ4n) is 6.30. The van der Waals surface area contributed by atoms with Gasteiger partial charge in [0.05, 0.1) is 5.75 Å². The zero-order chi connectivity index (χ0) is 28.0. The van der Waals surface area contributed by atoms with Crippen LogP contribution in [0.25, 0.3) is 11.1 Å². The standard InChI is InChI=1S/C29H35N3O6S/c1-28(2)21-12-13-29(28,25(33)16-21)17-39(37,38)32-24(26(34)35)14-18-6-8-19(9-7-18)20-4-3-5-23(15-20)31-27(36)30-22-10-11-22/h3-9,15,21-22,24,32H,10-14,16-17H2,1-2H3,(H,34,35)(H2,30,31,36)/t21?,24-,29+/m0/s1. The number of hydrogen-bond acceptors (Lipinski definition) is 5. The maximum absolute atomic E-state index is 13.2. The lowest BCUT2D eigenvalue weighted by Crippen LogP contribution is -2.49. The van der Waals surface area contributed by atoms with Gasteiger partial charge in [0.15, 0.2) is 0 Å². The van der Waals surface area contributed by atoms with E-state index in [9.17, 15) is 27.9 Å². The molecule has 0 spiro atoms. The number of anilines is 1. The lowest BCUT2D eigenvalue weighted by Gasteiger charge is -2.36. The Bertz CT molecular complexity index is 1400. The van der Waals surface area contributed by atoms with E-state index >= 15 is 0 Å². The van der Waals surface area contributed by atoms with Crippen LogP contribution in [0, 0.1) is 16.7 Å². The van der Waals surface area contributed by atoms with E-state index < -0.39 is 32.9 Å². The van der Waals surface area contributed by atoms with Gasteiger partial charge in [-0.25, -0.2) is 17.9 Å². The van der Waals surface area contributed by atoms with E-state index in [0.717, 1.165) is 30.4 Å². The maximum Gasteiger partial charge on any atom is 0.322 e. The normalized spacial score (nSPS) is 24.4. The Morgan fingerprint density at radius 1 is 1.05 bits per heavy atom. The number of nitrogens with one attached hydrogen (secondary N) is 3. The number of urea groups is 1. The van der Waals surface area contributed by atoms with E-state index in [4.69, 9.17) is 0 Å². The van der Waals surface area contributed by atoms with Crippen LogP contribution in [0.3, 0.4) is 0 Å². The van der Waals surface area contributed by atoms with Gasteiger partial charge in [0, 0.05) is 23.6 Å². The Morgan fingerprint density at radius 2 is 1.77 bits per heavy atom. The highest BCUT2D eigenvalue weighted by atomic mass is 32.2. The third kappa shape index (κ3) is 5.58. The third-order valence-corrected chi connectivity index (χ3v) is 10.5. The largest absolute Gasteiger partial charge is 0.480 e. The molecule has 4 N–H and O–H groups in total. The molecule has 3 fully saturated rings. The first-order chi connectivity index (χ1) is 18.4. The molecule has 5 rings (SSSR count). The molecule has 2 aromatic rings. The number of fused-ring (bicyclic) bond motifs is 2. The van der Waals surface area contributed by atoms with Crippen molar-refractivity contribution in [1.82, 2.24) is 10.0 Å². The summed E-state index contributed by atoms with van der Waals surface area (Å²) in [5, 5.41) is 15.5. The molecule has 3 aliphatic rings. The molecule has 9 nitrogen and oxygen atoms in total. The summed E-state index contributed by atoms with van der Waals surface area (Å²) in [6.07, 6.45) is 3.70. The number of Topliss-reactive ketones (excluding diaryl/α,β-unsaturated/α-hetero) is 1. The highest BCUT2D eigenvalue weighted by Crippen LogP contribution is 2.64. The van der Waals surface area contributed by atoms with Gasteiger partial charge in [0.1, 0.15) is 11.8 Å². The number of sulfonamides is 1. The SMILES string of the molecule is CC1(C)C2CC[C@@]1(CS(=O)(=O)N[C@@H](Cc1ccc(-c3cccc(NC(=O)NC4CC4)c3)cc1)C(=O)O)C(=O)C2. The minimum atomic E-state index is -4.04. The lowest BCUT2D eigenvalue weighted by atomic mass is 9.70. The van der Waals surface area contributed by atoms with Gasteiger partial charge in [-0.05, 0) is 72.3 Å². The number of carbonyl (C=O) groups excluding carboxylic acids is 2. The van der Waals surface area contributed by atoms with Crippen molar-refractivity contribution < 1.29 is 27.9 Å². The second kappa shape index (κ2) is 10.1. The average Bonchev–Trinajstić information content (AvgIpc) is 3.62. The van der Waals surface area contributed by atoms with Crippen molar-refractivity contribution in [2.45, 2.75) is 64.5 Å². The van der Waals surface area contributed by atoms with Crippen LogP contribution < -0.4 is 15.4 Å². The molecule has 0 heterocycles. The number of carbonyl (C=O) groups is 3. The Hall–Kier alpha value is -3.24. The minimum Gasteiger partial charge on any atom is -0.480 e. The average molecular weight is 554 g/mol.